The lowest BCUT2D eigenvalue weighted by molar-refractivity contribution is -0.136. The van der Waals surface area contributed by atoms with Crippen LogP contribution in [0.5, 0.6) is 0 Å². The van der Waals surface area contributed by atoms with E-state index in [1.807, 2.05) is 12.1 Å². The van der Waals surface area contributed by atoms with E-state index in [1.54, 1.807) is 11.0 Å². The number of amides is 3. The van der Waals surface area contributed by atoms with E-state index in [0.29, 0.717) is 37.0 Å². The zero-order valence-corrected chi connectivity index (χ0v) is 17.0. The van der Waals surface area contributed by atoms with Crippen molar-refractivity contribution >= 4 is 23.7 Å². The molecule has 0 radical (unpaired) electrons. The van der Waals surface area contributed by atoms with Crippen LogP contribution in [-0.2, 0) is 22.7 Å². The molecule has 1 aromatic heterocycles. The van der Waals surface area contributed by atoms with Gasteiger partial charge in [0.05, 0.1) is 0 Å². The second kappa shape index (κ2) is 8.10. The number of benzene rings is 1. The van der Waals surface area contributed by atoms with Crippen LogP contribution in [0.25, 0.3) is 0 Å². The molecule has 4 heterocycles. The summed E-state index contributed by atoms with van der Waals surface area (Å²) in [5, 5.41) is 17.1. The van der Waals surface area contributed by atoms with E-state index in [9.17, 15) is 14.4 Å². The summed E-state index contributed by atoms with van der Waals surface area (Å²) in [6, 6.07) is 5.27. The van der Waals surface area contributed by atoms with Gasteiger partial charge in [0.1, 0.15) is 6.04 Å². The monoisotopic (exact) mass is 424 g/mol. The van der Waals surface area contributed by atoms with Crippen molar-refractivity contribution in [3.05, 3.63) is 40.8 Å². The number of carbonyl (C=O) groups is 3. The number of piperidine rings is 2. The van der Waals surface area contributed by atoms with E-state index < -0.39 is 11.9 Å². The van der Waals surface area contributed by atoms with Gasteiger partial charge in [-0.15, -0.1) is 5.10 Å². The summed E-state index contributed by atoms with van der Waals surface area (Å²) in [6.07, 6.45) is 2.70. The normalized spacial score (nSPS) is 23.6. The van der Waals surface area contributed by atoms with Gasteiger partial charge in [0.25, 0.3) is 5.91 Å². The second-order valence-corrected chi connectivity index (χ2v) is 8.19. The first kappa shape index (κ1) is 19.7. The molecular weight excluding hydrogens is 400 g/mol. The predicted molar refractivity (Wildman–Crippen MR) is 109 cm³/mol. The maximum Gasteiger partial charge on any atom is 0.315 e. The van der Waals surface area contributed by atoms with Crippen molar-refractivity contribution < 1.29 is 18.8 Å². The Morgan fingerprint density at radius 2 is 2.10 bits per heavy atom. The van der Waals surface area contributed by atoms with Crippen molar-refractivity contribution in [2.75, 3.05) is 18.4 Å². The Morgan fingerprint density at radius 1 is 1.19 bits per heavy atom. The van der Waals surface area contributed by atoms with Crippen molar-refractivity contribution in [3.8, 4) is 0 Å². The van der Waals surface area contributed by atoms with Crippen molar-refractivity contribution in [1.82, 2.24) is 25.7 Å². The summed E-state index contributed by atoms with van der Waals surface area (Å²) in [5.74, 6) is -0.0215. The highest BCUT2D eigenvalue weighted by atomic mass is 16.4. The third-order valence-electron chi connectivity index (χ3n) is 6.20. The Hall–Kier alpha value is -3.27. The largest absolute Gasteiger partial charge is 0.408 e. The van der Waals surface area contributed by atoms with Gasteiger partial charge in [-0.3, -0.25) is 19.7 Å². The number of nitrogens with zero attached hydrogens (tertiary/aromatic N) is 3. The molecule has 3 amide bonds. The van der Waals surface area contributed by atoms with Crippen molar-refractivity contribution in [2.24, 2.45) is 0 Å². The van der Waals surface area contributed by atoms with Crippen LogP contribution in [-0.4, -0.2) is 52.0 Å². The van der Waals surface area contributed by atoms with Gasteiger partial charge < -0.3 is 20.0 Å². The predicted octanol–water partition coefficient (Wildman–Crippen LogP) is 0.910. The molecule has 2 aromatic rings. The van der Waals surface area contributed by atoms with E-state index in [1.165, 1.54) is 0 Å². The van der Waals surface area contributed by atoms with E-state index in [4.69, 9.17) is 4.42 Å². The topological polar surface area (TPSA) is 129 Å². The summed E-state index contributed by atoms with van der Waals surface area (Å²) < 4.78 is 5.79. The summed E-state index contributed by atoms with van der Waals surface area (Å²) >= 11 is 0. The zero-order chi connectivity index (χ0) is 21.4. The van der Waals surface area contributed by atoms with Crippen LogP contribution in [0.1, 0.15) is 59.0 Å². The number of carbonyl (C=O) groups excluding carboxylic acids is 3. The molecule has 10 heteroatoms. The molecule has 2 unspecified atom stereocenters. The molecule has 0 bridgehead atoms. The average Bonchev–Trinajstić information content (AvgIpc) is 3.38. The Bertz CT molecular complexity index is 1030. The summed E-state index contributed by atoms with van der Waals surface area (Å²) in [4.78, 5) is 38.2. The lowest BCUT2D eigenvalue weighted by Crippen LogP contribution is -2.52. The fourth-order valence-corrected chi connectivity index (χ4v) is 4.52. The van der Waals surface area contributed by atoms with Crippen LogP contribution in [0.15, 0.2) is 22.6 Å². The number of hydrogen-bond acceptors (Lipinski definition) is 8. The molecule has 0 aliphatic carbocycles. The number of anilines is 1. The molecule has 3 N–H and O–H groups in total. The Labute approximate surface area is 178 Å². The smallest absolute Gasteiger partial charge is 0.315 e. The van der Waals surface area contributed by atoms with Gasteiger partial charge in [-0.25, -0.2) is 0 Å². The minimum absolute atomic E-state index is 0.184. The molecule has 5 rings (SSSR count). The maximum atomic E-state index is 12.9. The molecule has 10 nitrogen and oxygen atoms in total. The lowest BCUT2D eigenvalue weighted by atomic mass is 10.00. The zero-order valence-electron chi connectivity index (χ0n) is 17.0. The van der Waals surface area contributed by atoms with Gasteiger partial charge in [0.15, 0.2) is 0 Å². The summed E-state index contributed by atoms with van der Waals surface area (Å²) in [6.45, 7) is 2.61. The number of aromatic nitrogens is 2. The highest BCUT2D eigenvalue weighted by Crippen LogP contribution is 2.30. The number of fused-ring (bicyclic) bond motifs is 1. The van der Waals surface area contributed by atoms with Gasteiger partial charge in [0.2, 0.25) is 17.7 Å². The third-order valence-corrected chi connectivity index (χ3v) is 6.20. The lowest BCUT2D eigenvalue weighted by Gasteiger charge is -2.29. The van der Waals surface area contributed by atoms with E-state index in [2.05, 4.69) is 26.1 Å². The number of nitrogens with one attached hydrogen (secondary N) is 3. The van der Waals surface area contributed by atoms with E-state index >= 15 is 0 Å². The quantitative estimate of drug-likeness (QED) is 0.604. The molecular formula is C21H24N6O4. The Kier molecular flexibility index (Phi) is 5.14. The first-order chi connectivity index (χ1) is 15.1. The summed E-state index contributed by atoms with van der Waals surface area (Å²) in [7, 11) is 0. The third kappa shape index (κ3) is 3.78. The Morgan fingerprint density at radius 3 is 2.90 bits per heavy atom. The molecule has 2 atom stereocenters. The van der Waals surface area contributed by atoms with Gasteiger partial charge in [0, 0.05) is 37.5 Å². The highest BCUT2D eigenvalue weighted by molar-refractivity contribution is 6.05. The second-order valence-electron chi connectivity index (χ2n) is 8.19. The number of rotatable bonds is 5. The summed E-state index contributed by atoms with van der Waals surface area (Å²) in [5.41, 5.74) is 2.39. The molecule has 3 aliphatic heterocycles. The van der Waals surface area contributed by atoms with Crippen LogP contribution in [0, 0.1) is 0 Å². The van der Waals surface area contributed by atoms with Gasteiger partial charge in [-0.1, -0.05) is 17.2 Å². The molecule has 31 heavy (non-hydrogen) atoms. The number of hydrogen-bond donors (Lipinski definition) is 3. The molecule has 2 fully saturated rings. The SMILES string of the molecule is O=C1CCC(N2Cc3c(CNc4nnc(C5CCCNC5)o4)cccc3C2=O)C(=O)N1. The fraction of sp³-hybridized carbons (Fsp3) is 0.476. The number of imide groups is 1. The van der Waals surface area contributed by atoms with Crippen LogP contribution < -0.4 is 16.0 Å². The van der Waals surface area contributed by atoms with Crippen LogP contribution in [0.4, 0.5) is 6.01 Å². The average molecular weight is 424 g/mol. The van der Waals surface area contributed by atoms with Gasteiger partial charge in [-0.05, 0) is 43.0 Å². The molecule has 1 aromatic carbocycles. The minimum atomic E-state index is -0.624. The standard InChI is InChI=1S/C21H24N6O4/c28-17-7-6-16(18(29)24-17)27-11-15-12(3-1-5-14(15)20(27)30)10-23-21-26-25-19(31-21)13-4-2-8-22-9-13/h1,3,5,13,16,22H,2,4,6-11H2,(H,23,26)(H,24,28,29). The molecule has 162 valence electrons. The fourth-order valence-electron chi connectivity index (χ4n) is 4.52. The van der Waals surface area contributed by atoms with Crippen molar-refractivity contribution in [3.63, 3.8) is 0 Å². The first-order valence-electron chi connectivity index (χ1n) is 10.6. The molecule has 0 saturated carbocycles. The van der Waals surface area contributed by atoms with E-state index in [0.717, 1.165) is 37.1 Å². The van der Waals surface area contributed by atoms with Crippen LogP contribution in [0.3, 0.4) is 0 Å². The van der Waals surface area contributed by atoms with Crippen LogP contribution >= 0.6 is 0 Å². The Balaban J connectivity index is 1.28. The van der Waals surface area contributed by atoms with Crippen LogP contribution in [0.2, 0.25) is 0 Å². The van der Waals surface area contributed by atoms with Gasteiger partial charge in [-0.2, -0.15) is 0 Å². The van der Waals surface area contributed by atoms with E-state index in [-0.39, 0.29) is 24.2 Å². The molecule has 0 spiro atoms. The van der Waals surface area contributed by atoms with Crippen molar-refractivity contribution in [1.29, 1.82) is 0 Å². The highest BCUT2D eigenvalue weighted by Gasteiger charge is 2.39. The molecule has 2 saturated heterocycles. The van der Waals surface area contributed by atoms with Gasteiger partial charge >= 0.3 is 6.01 Å². The molecule has 3 aliphatic rings. The first-order valence-corrected chi connectivity index (χ1v) is 10.6. The minimum Gasteiger partial charge on any atom is -0.408 e. The van der Waals surface area contributed by atoms with Crippen molar-refractivity contribution in [2.45, 2.75) is 50.7 Å². The maximum absolute atomic E-state index is 12.9.